The van der Waals surface area contributed by atoms with E-state index in [4.69, 9.17) is 0 Å². The molecule has 1 aromatic carbocycles. The normalized spacial score (nSPS) is 10.6. The molecule has 0 saturated carbocycles. The van der Waals surface area contributed by atoms with E-state index < -0.39 is 0 Å². The number of nitrogens with one attached hydrogen (secondary N) is 2. The van der Waals surface area contributed by atoms with Crippen LogP contribution < -0.4 is 10.6 Å². The molecular formula is C18H22FN3O. The summed E-state index contributed by atoms with van der Waals surface area (Å²) in [7, 11) is 0. The molecule has 0 unspecified atom stereocenters. The lowest BCUT2D eigenvalue weighted by Crippen LogP contribution is -2.26. The molecular weight excluding hydrogens is 293 g/mol. The molecule has 1 heterocycles. The van der Waals surface area contributed by atoms with E-state index in [0.29, 0.717) is 24.4 Å². The van der Waals surface area contributed by atoms with E-state index in [-0.39, 0.29) is 11.7 Å². The summed E-state index contributed by atoms with van der Waals surface area (Å²) in [4.78, 5) is 16.2. The van der Waals surface area contributed by atoms with E-state index in [0.717, 1.165) is 17.8 Å². The molecule has 5 heteroatoms. The van der Waals surface area contributed by atoms with Crippen LogP contribution in [-0.4, -0.2) is 24.0 Å². The largest absolute Gasteiger partial charge is 0.384 e. The number of amides is 1. The van der Waals surface area contributed by atoms with Crippen molar-refractivity contribution < 1.29 is 9.18 Å². The Bertz CT molecular complexity index is 641. The van der Waals surface area contributed by atoms with Gasteiger partial charge in [0.05, 0.1) is 11.3 Å². The van der Waals surface area contributed by atoms with Gasteiger partial charge in [-0.15, -0.1) is 0 Å². The molecule has 0 saturated heterocycles. The Morgan fingerprint density at radius 2 is 1.96 bits per heavy atom. The zero-order valence-corrected chi connectivity index (χ0v) is 13.5. The van der Waals surface area contributed by atoms with Crippen molar-refractivity contribution in [2.75, 3.05) is 18.4 Å². The van der Waals surface area contributed by atoms with Crippen molar-refractivity contribution in [1.82, 2.24) is 10.3 Å². The third kappa shape index (κ3) is 5.70. The van der Waals surface area contributed by atoms with E-state index in [2.05, 4.69) is 29.5 Å². The lowest BCUT2D eigenvalue weighted by molar-refractivity contribution is 0.0954. The first kappa shape index (κ1) is 16.9. The zero-order valence-electron chi connectivity index (χ0n) is 13.5. The fourth-order valence-corrected chi connectivity index (χ4v) is 2.06. The van der Waals surface area contributed by atoms with Gasteiger partial charge in [-0.2, -0.15) is 0 Å². The first-order chi connectivity index (χ1) is 11.0. The van der Waals surface area contributed by atoms with Crippen LogP contribution in [0.15, 0.2) is 42.7 Å². The van der Waals surface area contributed by atoms with Gasteiger partial charge in [0.25, 0.3) is 5.91 Å². The van der Waals surface area contributed by atoms with Crippen LogP contribution in [0.3, 0.4) is 0 Å². The predicted octanol–water partition coefficient (Wildman–Crippen LogP) is 3.26. The third-order valence-corrected chi connectivity index (χ3v) is 3.33. The fourth-order valence-electron chi connectivity index (χ4n) is 2.06. The minimum atomic E-state index is -0.255. The second kappa shape index (κ2) is 8.27. The highest BCUT2D eigenvalue weighted by atomic mass is 19.1. The van der Waals surface area contributed by atoms with Crippen LogP contribution in [-0.2, 0) is 6.42 Å². The van der Waals surface area contributed by atoms with Crippen LogP contribution in [0.1, 0.15) is 29.8 Å². The Balaban J connectivity index is 1.85. The number of carbonyl (C=O) groups excluding carboxylic acids is 1. The zero-order chi connectivity index (χ0) is 16.7. The molecule has 0 spiro atoms. The van der Waals surface area contributed by atoms with Crippen molar-refractivity contribution >= 4 is 11.6 Å². The molecule has 0 bridgehead atoms. The van der Waals surface area contributed by atoms with Crippen molar-refractivity contribution in [2.45, 2.75) is 20.3 Å². The summed E-state index contributed by atoms with van der Waals surface area (Å²) >= 11 is 0. The molecule has 1 aromatic heterocycles. The van der Waals surface area contributed by atoms with E-state index in [1.165, 1.54) is 12.1 Å². The highest BCUT2D eigenvalue weighted by molar-refractivity contribution is 5.94. The summed E-state index contributed by atoms with van der Waals surface area (Å²) in [6, 6.07) is 8.08. The number of carbonyl (C=O) groups is 1. The van der Waals surface area contributed by atoms with Crippen molar-refractivity contribution in [2.24, 2.45) is 5.92 Å². The monoisotopic (exact) mass is 315 g/mol. The molecule has 0 aliphatic rings. The van der Waals surface area contributed by atoms with Crippen molar-refractivity contribution in [3.63, 3.8) is 0 Å². The lowest BCUT2D eigenvalue weighted by atomic mass is 10.1. The van der Waals surface area contributed by atoms with E-state index in [1.807, 2.05) is 0 Å². The second-order valence-electron chi connectivity index (χ2n) is 5.87. The highest BCUT2D eigenvalue weighted by Gasteiger charge is 2.07. The average molecular weight is 315 g/mol. The first-order valence-electron chi connectivity index (χ1n) is 7.76. The average Bonchev–Trinajstić information content (AvgIpc) is 2.55. The van der Waals surface area contributed by atoms with Gasteiger partial charge in [0.2, 0.25) is 0 Å². The molecule has 0 aliphatic heterocycles. The van der Waals surface area contributed by atoms with Crippen LogP contribution in [0.25, 0.3) is 0 Å². The Morgan fingerprint density at radius 1 is 1.22 bits per heavy atom. The number of rotatable bonds is 7. The van der Waals surface area contributed by atoms with Gasteiger partial charge in [-0.25, -0.2) is 4.39 Å². The minimum absolute atomic E-state index is 0.159. The predicted molar refractivity (Wildman–Crippen MR) is 90.0 cm³/mol. The Morgan fingerprint density at radius 3 is 2.65 bits per heavy atom. The third-order valence-electron chi connectivity index (χ3n) is 3.33. The maximum atomic E-state index is 12.8. The fraction of sp³-hybridized carbons (Fsp3) is 0.333. The topological polar surface area (TPSA) is 54.0 Å². The van der Waals surface area contributed by atoms with Crippen LogP contribution in [0.2, 0.25) is 0 Å². The number of halogens is 1. The molecule has 23 heavy (non-hydrogen) atoms. The maximum Gasteiger partial charge on any atom is 0.252 e. The van der Waals surface area contributed by atoms with Crippen molar-refractivity contribution in [3.8, 4) is 0 Å². The quantitative estimate of drug-likeness (QED) is 0.824. The summed E-state index contributed by atoms with van der Waals surface area (Å²) < 4.78 is 12.8. The van der Waals surface area contributed by atoms with Crippen LogP contribution in [0, 0.1) is 11.7 Å². The standard InChI is InChI=1S/C18H22FN3O/c1-13(2)10-22-17-9-15(11-20-12-17)18(23)21-8-7-14-3-5-16(19)6-4-14/h3-6,9,11-13,22H,7-8,10H2,1-2H3,(H,21,23). The van der Waals surface area contributed by atoms with Crippen molar-refractivity contribution in [1.29, 1.82) is 0 Å². The maximum absolute atomic E-state index is 12.8. The molecule has 0 fully saturated rings. The molecule has 4 nitrogen and oxygen atoms in total. The lowest BCUT2D eigenvalue weighted by Gasteiger charge is -2.10. The molecule has 0 radical (unpaired) electrons. The molecule has 2 N–H and O–H groups in total. The molecule has 2 aromatic rings. The van der Waals surface area contributed by atoms with Gasteiger partial charge in [0, 0.05) is 25.5 Å². The van der Waals surface area contributed by atoms with Crippen LogP contribution in [0.4, 0.5) is 10.1 Å². The number of hydrogen-bond acceptors (Lipinski definition) is 3. The van der Waals surface area contributed by atoms with Crippen molar-refractivity contribution in [3.05, 3.63) is 59.7 Å². The van der Waals surface area contributed by atoms with Gasteiger partial charge in [-0.05, 0) is 36.1 Å². The Labute approximate surface area is 136 Å². The summed E-state index contributed by atoms with van der Waals surface area (Å²) in [6.07, 6.45) is 3.91. The highest BCUT2D eigenvalue weighted by Crippen LogP contribution is 2.09. The molecule has 1 amide bonds. The van der Waals surface area contributed by atoms with Gasteiger partial charge in [0.1, 0.15) is 5.82 Å². The van der Waals surface area contributed by atoms with Gasteiger partial charge < -0.3 is 10.6 Å². The molecule has 0 aliphatic carbocycles. The molecule has 2 rings (SSSR count). The van der Waals surface area contributed by atoms with Gasteiger partial charge in [-0.3, -0.25) is 9.78 Å². The first-order valence-corrected chi connectivity index (χ1v) is 7.76. The Kier molecular flexibility index (Phi) is 6.09. The summed E-state index contributed by atoms with van der Waals surface area (Å²) in [5, 5.41) is 6.10. The smallest absolute Gasteiger partial charge is 0.252 e. The number of anilines is 1. The van der Waals surface area contributed by atoms with E-state index >= 15 is 0 Å². The molecule has 0 atom stereocenters. The summed E-state index contributed by atoms with van der Waals surface area (Å²) in [6.45, 7) is 5.56. The second-order valence-corrected chi connectivity index (χ2v) is 5.87. The van der Waals surface area contributed by atoms with Gasteiger partial charge in [0.15, 0.2) is 0 Å². The molecule has 122 valence electrons. The number of pyridine rings is 1. The number of aromatic nitrogens is 1. The van der Waals surface area contributed by atoms with Gasteiger partial charge in [-0.1, -0.05) is 26.0 Å². The summed E-state index contributed by atoms with van der Waals surface area (Å²) in [5.74, 6) is 0.102. The van der Waals surface area contributed by atoms with Crippen LogP contribution in [0.5, 0.6) is 0 Å². The summed E-state index contributed by atoms with van der Waals surface area (Å²) in [5.41, 5.74) is 2.35. The van der Waals surface area contributed by atoms with E-state index in [1.54, 1.807) is 30.6 Å². The number of nitrogens with zero attached hydrogens (tertiary/aromatic N) is 1. The number of benzene rings is 1. The minimum Gasteiger partial charge on any atom is -0.384 e. The van der Waals surface area contributed by atoms with Crippen LogP contribution >= 0.6 is 0 Å². The Hall–Kier alpha value is -2.43. The number of hydrogen-bond donors (Lipinski definition) is 2. The van der Waals surface area contributed by atoms with E-state index in [9.17, 15) is 9.18 Å². The van der Waals surface area contributed by atoms with Gasteiger partial charge >= 0.3 is 0 Å². The SMILES string of the molecule is CC(C)CNc1cncc(C(=O)NCCc2ccc(F)cc2)c1.